The van der Waals surface area contributed by atoms with Gasteiger partial charge in [0.2, 0.25) is 15.9 Å². The number of nitrogens with zero attached hydrogens (tertiary/aromatic N) is 1. The van der Waals surface area contributed by atoms with E-state index in [1.807, 2.05) is 31.2 Å². The Balaban J connectivity index is 1.58. The lowest BCUT2D eigenvalue weighted by atomic mass is 9.92. The molecule has 0 radical (unpaired) electrons. The van der Waals surface area contributed by atoms with Crippen molar-refractivity contribution < 1.29 is 17.6 Å². The Labute approximate surface area is 187 Å². The average molecular weight is 453 g/mol. The molecule has 0 fully saturated rings. The minimum absolute atomic E-state index is 0.00327. The molecule has 5 nitrogen and oxygen atoms in total. The van der Waals surface area contributed by atoms with E-state index >= 15 is 0 Å². The van der Waals surface area contributed by atoms with Gasteiger partial charge in [-0.3, -0.25) is 4.79 Å². The van der Waals surface area contributed by atoms with Gasteiger partial charge in [0.25, 0.3) is 0 Å². The average Bonchev–Trinajstić information content (AvgIpc) is 2.79. The molecule has 0 aromatic heterocycles. The van der Waals surface area contributed by atoms with Gasteiger partial charge in [-0.1, -0.05) is 54.1 Å². The molecule has 0 saturated carbocycles. The summed E-state index contributed by atoms with van der Waals surface area (Å²) in [6, 6.07) is 19.7. The van der Waals surface area contributed by atoms with Crippen LogP contribution >= 0.6 is 0 Å². The van der Waals surface area contributed by atoms with Gasteiger partial charge in [-0.15, -0.1) is 0 Å². The third-order valence-electron chi connectivity index (χ3n) is 5.77. The fourth-order valence-corrected chi connectivity index (χ4v) is 5.63. The van der Waals surface area contributed by atoms with Gasteiger partial charge >= 0.3 is 0 Å². The number of hydrogen-bond acceptors (Lipinski definition) is 3. The van der Waals surface area contributed by atoms with Gasteiger partial charge in [-0.05, 0) is 54.3 Å². The third-order valence-corrected chi connectivity index (χ3v) is 7.69. The summed E-state index contributed by atoms with van der Waals surface area (Å²) in [6.07, 6.45) is 0.595. The summed E-state index contributed by atoms with van der Waals surface area (Å²) in [5.74, 6) is -0.601. The topological polar surface area (TPSA) is 66.5 Å². The van der Waals surface area contributed by atoms with Gasteiger partial charge < -0.3 is 5.32 Å². The first kappa shape index (κ1) is 22.2. The van der Waals surface area contributed by atoms with E-state index < -0.39 is 16.1 Å². The molecule has 0 bridgehead atoms. The molecule has 3 aromatic rings. The Morgan fingerprint density at radius 2 is 1.72 bits per heavy atom. The Bertz CT molecular complexity index is 1210. The summed E-state index contributed by atoms with van der Waals surface area (Å²) in [4.78, 5) is 13.0. The third kappa shape index (κ3) is 4.74. The summed E-state index contributed by atoms with van der Waals surface area (Å²) in [5.41, 5.74) is 3.66. The van der Waals surface area contributed by atoms with Crippen LogP contribution in [0.2, 0.25) is 0 Å². The largest absolute Gasteiger partial charge is 0.352 e. The second-order valence-electron chi connectivity index (χ2n) is 8.00. The lowest BCUT2D eigenvalue weighted by molar-refractivity contribution is -0.122. The summed E-state index contributed by atoms with van der Waals surface area (Å²) in [6.45, 7) is 2.46. The number of carbonyl (C=O) groups excluding carboxylic acids is 1. The van der Waals surface area contributed by atoms with Crippen LogP contribution in [-0.4, -0.2) is 25.2 Å². The van der Waals surface area contributed by atoms with Gasteiger partial charge in [0.1, 0.15) is 5.82 Å². The zero-order chi connectivity index (χ0) is 22.7. The first-order valence-electron chi connectivity index (χ1n) is 10.5. The molecule has 1 N–H and O–H groups in total. The molecule has 1 atom stereocenters. The highest BCUT2D eigenvalue weighted by Crippen LogP contribution is 2.36. The molecule has 0 saturated heterocycles. The number of aryl methyl sites for hydroxylation is 1. The van der Waals surface area contributed by atoms with E-state index in [0.717, 1.165) is 22.3 Å². The van der Waals surface area contributed by atoms with E-state index in [4.69, 9.17) is 0 Å². The highest BCUT2D eigenvalue weighted by molar-refractivity contribution is 7.89. The van der Waals surface area contributed by atoms with Gasteiger partial charge in [0, 0.05) is 19.5 Å². The molecule has 1 aliphatic rings. The summed E-state index contributed by atoms with van der Waals surface area (Å²) < 4.78 is 41.5. The molecule has 1 amide bonds. The van der Waals surface area contributed by atoms with Crippen molar-refractivity contribution in [1.82, 2.24) is 9.62 Å². The zero-order valence-electron chi connectivity index (χ0n) is 17.8. The number of sulfonamides is 1. The number of fused-ring (bicyclic) bond motifs is 1. The van der Waals surface area contributed by atoms with E-state index in [-0.39, 0.29) is 29.6 Å². The normalized spacial score (nSPS) is 16.4. The van der Waals surface area contributed by atoms with Gasteiger partial charge in [-0.2, -0.15) is 4.31 Å². The molecule has 3 aromatic carbocycles. The molecular formula is C25H25FN2O3S. The monoisotopic (exact) mass is 452 g/mol. The van der Waals surface area contributed by atoms with Crippen molar-refractivity contribution in [3.63, 3.8) is 0 Å². The van der Waals surface area contributed by atoms with E-state index in [0.29, 0.717) is 13.0 Å². The van der Waals surface area contributed by atoms with E-state index in [2.05, 4.69) is 5.32 Å². The SMILES string of the molecule is Cc1ccc(S(=O)(=O)N2CCc3ccccc3[C@H]2CC(=O)NCc2ccc(F)cc2)cc1. The van der Waals surface area contributed by atoms with Gasteiger partial charge in [0.05, 0.1) is 10.9 Å². The highest BCUT2D eigenvalue weighted by atomic mass is 32.2. The number of hydrogen-bond donors (Lipinski definition) is 1. The first-order valence-corrected chi connectivity index (χ1v) is 12.0. The summed E-state index contributed by atoms with van der Waals surface area (Å²) in [7, 11) is -3.78. The Morgan fingerprint density at radius 3 is 2.44 bits per heavy atom. The van der Waals surface area contributed by atoms with Crippen LogP contribution in [0.5, 0.6) is 0 Å². The smallest absolute Gasteiger partial charge is 0.243 e. The maximum absolute atomic E-state index is 13.5. The molecule has 1 aliphatic heterocycles. The lowest BCUT2D eigenvalue weighted by Crippen LogP contribution is -2.42. The molecule has 7 heteroatoms. The predicted molar refractivity (Wildman–Crippen MR) is 121 cm³/mol. The molecular weight excluding hydrogens is 427 g/mol. The molecule has 32 heavy (non-hydrogen) atoms. The molecule has 0 unspecified atom stereocenters. The lowest BCUT2D eigenvalue weighted by Gasteiger charge is -2.36. The minimum Gasteiger partial charge on any atom is -0.352 e. The molecule has 4 rings (SSSR count). The van der Waals surface area contributed by atoms with Crippen LogP contribution in [0.1, 0.15) is 34.7 Å². The van der Waals surface area contributed by atoms with Crippen LogP contribution in [0.25, 0.3) is 0 Å². The Kier molecular flexibility index (Phi) is 6.39. The second kappa shape index (κ2) is 9.22. The van der Waals surface area contributed by atoms with Crippen molar-refractivity contribution in [3.8, 4) is 0 Å². The molecule has 0 spiro atoms. The fraction of sp³-hybridized carbons (Fsp3) is 0.240. The molecule has 166 valence electrons. The molecule has 0 aliphatic carbocycles. The van der Waals surface area contributed by atoms with Crippen molar-refractivity contribution in [1.29, 1.82) is 0 Å². The maximum atomic E-state index is 13.5. The summed E-state index contributed by atoms with van der Waals surface area (Å²) >= 11 is 0. The number of carbonyl (C=O) groups is 1. The van der Waals surface area contributed by atoms with Crippen LogP contribution in [-0.2, 0) is 27.8 Å². The van der Waals surface area contributed by atoms with Crippen LogP contribution in [0, 0.1) is 12.7 Å². The van der Waals surface area contributed by atoms with E-state index in [1.165, 1.54) is 16.4 Å². The number of rotatable bonds is 6. The number of amides is 1. The zero-order valence-corrected chi connectivity index (χ0v) is 18.6. The summed E-state index contributed by atoms with van der Waals surface area (Å²) in [5, 5.41) is 2.83. The van der Waals surface area contributed by atoms with Crippen LogP contribution in [0.15, 0.2) is 77.7 Å². The minimum atomic E-state index is -3.78. The number of nitrogens with one attached hydrogen (secondary N) is 1. The van der Waals surface area contributed by atoms with Crippen LogP contribution in [0.3, 0.4) is 0 Å². The van der Waals surface area contributed by atoms with Crippen molar-refractivity contribution in [3.05, 3.63) is 101 Å². The van der Waals surface area contributed by atoms with Crippen molar-refractivity contribution in [2.75, 3.05) is 6.54 Å². The Morgan fingerprint density at radius 1 is 1.03 bits per heavy atom. The Hall–Kier alpha value is -3.03. The van der Waals surface area contributed by atoms with Crippen molar-refractivity contribution >= 4 is 15.9 Å². The second-order valence-corrected chi connectivity index (χ2v) is 9.89. The van der Waals surface area contributed by atoms with E-state index in [1.54, 1.807) is 36.4 Å². The number of halogens is 1. The first-order chi connectivity index (χ1) is 15.3. The maximum Gasteiger partial charge on any atom is 0.243 e. The predicted octanol–water partition coefficient (Wildman–Crippen LogP) is 4.13. The number of benzene rings is 3. The van der Waals surface area contributed by atoms with Crippen molar-refractivity contribution in [2.24, 2.45) is 0 Å². The van der Waals surface area contributed by atoms with E-state index in [9.17, 15) is 17.6 Å². The van der Waals surface area contributed by atoms with Crippen LogP contribution in [0.4, 0.5) is 4.39 Å². The van der Waals surface area contributed by atoms with Crippen LogP contribution < -0.4 is 5.32 Å². The van der Waals surface area contributed by atoms with Crippen molar-refractivity contribution in [2.45, 2.75) is 37.2 Å². The standard InChI is InChI=1S/C25H25FN2O3S/c1-18-6-12-22(13-7-18)32(30,31)28-15-14-20-4-2-3-5-23(20)24(28)16-25(29)27-17-19-8-10-21(26)11-9-19/h2-13,24H,14-17H2,1H3,(H,27,29)/t24-/m1/s1. The van der Waals surface area contributed by atoms with Gasteiger partial charge in [-0.25, -0.2) is 12.8 Å². The molecule has 1 heterocycles. The quantitative estimate of drug-likeness (QED) is 0.612. The highest BCUT2D eigenvalue weighted by Gasteiger charge is 2.37. The fourth-order valence-electron chi connectivity index (χ4n) is 4.02. The van der Waals surface area contributed by atoms with Gasteiger partial charge in [0.15, 0.2) is 0 Å².